The molecule has 1 aromatic rings. The number of likely N-dealkylation sites (tertiary alicyclic amines) is 1. The zero-order valence-corrected chi connectivity index (χ0v) is 13.0. The molecule has 0 N–H and O–H groups in total. The second-order valence-corrected chi connectivity index (χ2v) is 6.60. The lowest BCUT2D eigenvalue weighted by Gasteiger charge is -2.33. The quantitative estimate of drug-likeness (QED) is 0.827. The van der Waals surface area contributed by atoms with E-state index in [4.69, 9.17) is 4.52 Å². The second-order valence-electron chi connectivity index (χ2n) is 6.60. The van der Waals surface area contributed by atoms with Crippen LogP contribution in [0.25, 0.3) is 0 Å². The minimum absolute atomic E-state index is 0.100. The second kappa shape index (κ2) is 6.63. The van der Waals surface area contributed by atoms with Crippen molar-refractivity contribution in [2.24, 2.45) is 5.92 Å². The maximum Gasteiger partial charge on any atom is 0.226 e. The van der Waals surface area contributed by atoms with E-state index in [2.05, 4.69) is 10.1 Å². The summed E-state index contributed by atoms with van der Waals surface area (Å²) in [6.07, 6.45) is 10.3. The lowest BCUT2D eigenvalue weighted by atomic mass is 9.87. The minimum atomic E-state index is 0.100. The summed E-state index contributed by atoms with van der Waals surface area (Å²) < 4.78 is 5.48. The molecular formula is C17H26N2O2. The standard InChI is InChI=1S/C17H26N2O2/c1-13-12-16(21-18-13)15-10-6-3-7-11-19(15)17(20)14-8-4-2-5-9-14/h12,14-15H,2-11H2,1H3. The smallest absolute Gasteiger partial charge is 0.226 e. The molecular weight excluding hydrogens is 264 g/mol. The van der Waals surface area contributed by atoms with Gasteiger partial charge < -0.3 is 9.42 Å². The zero-order valence-electron chi connectivity index (χ0n) is 13.0. The fourth-order valence-electron chi connectivity index (χ4n) is 3.79. The number of carbonyl (C=O) groups is 1. The number of carbonyl (C=O) groups excluding carboxylic acids is 1. The van der Waals surface area contributed by atoms with Gasteiger partial charge in [0.2, 0.25) is 5.91 Å². The van der Waals surface area contributed by atoms with Crippen LogP contribution in [0.2, 0.25) is 0 Å². The van der Waals surface area contributed by atoms with Crippen LogP contribution in [0.5, 0.6) is 0 Å². The Kier molecular flexibility index (Phi) is 4.61. The van der Waals surface area contributed by atoms with E-state index in [0.717, 1.165) is 43.7 Å². The van der Waals surface area contributed by atoms with Gasteiger partial charge in [-0.15, -0.1) is 0 Å². The highest BCUT2D eigenvalue weighted by Gasteiger charge is 2.33. The Balaban J connectivity index is 1.79. The number of amides is 1. The molecule has 0 radical (unpaired) electrons. The van der Waals surface area contributed by atoms with E-state index >= 15 is 0 Å². The van der Waals surface area contributed by atoms with E-state index in [1.165, 1.54) is 32.1 Å². The first-order valence-corrected chi connectivity index (χ1v) is 8.49. The molecule has 2 aliphatic rings. The summed E-state index contributed by atoms with van der Waals surface area (Å²) in [7, 11) is 0. The zero-order chi connectivity index (χ0) is 14.7. The van der Waals surface area contributed by atoms with Gasteiger partial charge in [0, 0.05) is 18.5 Å². The van der Waals surface area contributed by atoms with Crippen LogP contribution in [0.3, 0.4) is 0 Å². The Morgan fingerprint density at radius 2 is 1.86 bits per heavy atom. The van der Waals surface area contributed by atoms with E-state index in [9.17, 15) is 4.79 Å². The van der Waals surface area contributed by atoms with Crippen molar-refractivity contribution >= 4 is 5.91 Å². The van der Waals surface area contributed by atoms with Crippen LogP contribution in [0.1, 0.15) is 75.3 Å². The van der Waals surface area contributed by atoms with Crippen LogP contribution in [0.15, 0.2) is 10.6 Å². The van der Waals surface area contributed by atoms with Crippen molar-refractivity contribution in [1.82, 2.24) is 10.1 Å². The van der Waals surface area contributed by atoms with Crippen molar-refractivity contribution in [3.05, 3.63) is 17.5 Å². The summed E-state index contributed by atoms with van der Waals surface area (Å²) in [6, 6.07) is 2.10. The van der Waals surface area contributed by atoms with Crippen LogP contribution in [0.4, 0.5) is 0 Å². The Morgan fingerprint density at radius 3 is 2.57 bits per heavy atom. The summed E-state index contributed by atoms with van der Waals surface area (Å²) in [5.74, 6) is 1.47. The maximum absolute atomic E-state index is 13.0. The van der Waals surface area contributed by atoms with Crippen molar-refractivity contribution in [1.29, 1.82) is 0 Å². The van der Waals surface area contributed by atoms with Gasteiger partial charge >= 0.3 is 0 Å². The predicted molar refractivity (Wildman–Crippen MR) is 80.7 cm³/mol. The molecule has 0 spiro atoms. The van der Waals surface area contributed by atoms with Crippen molar-refractivity contribution in [3.8, 4) is 0 Å². The predicted octanol–water partition coefficient (Wildman–Crippen LogP) is 4.01. The third kappa shape index (κ3) is 3.30. The van der Waals surface area contributed by atoms with Gasteiger partial charge in [-0.25, -0.2) is 0 Å². The van der Waals surface area contributed by atoms with E-state index in [1.807, 2.05) is 13.0 Å². The molecule has 116 valence electrons. The molecule has 0 aromatic carbocycles. The minimum Gasteiger partial charge on any atom is -0.359 e. The molecule has 1 unspecified atom stereocenters. The van der Waals surface area contributed by atoms with Crippen LogP contribution >= 0.6 is 0 Å². The lowest BCUT2D eigenvalue weighted by molar-refractivity contribution is -0.139. The van der Waals surface area contributed by atoms with Crippen molar-refractivity contribution < 1.29 is 9.32 Å². The molecule has 21 heavy (non-hydrogen) atoms. The first-order valence-electron chi connectivity index (χ1n) is 8.49. The first-order chi connectivity index (χ1) is 10.3. The molecule has 1 aliphatic carbocycles. The number of rotatable bonds is 2. The average Bonchev–Trinajstić information content (AvgIpc) is 2.80. The van der Waals surface area contributed by atoms with Crippen LogP contribution in [-0.4, -0.2) is 22.5 Å². The van der Waals surface area contributed by atoms with Gasteiger partial charge in [-0.3, -0.25) is 4.79 Å². The van der Waals surface area contributed by atoms with Gasteiger partial charge in [-0.1, -0.05) is 37.3 Å². The number of aromatic nitrogens is 1. The number of hydrogen-bond acceptors (Lipinski definition) is 3. The maximum atomic E-state index is 13.0. The molecule has 1 saturated carbocycles. The topological polar surface area (TPSA) is 46.3 Å². The highest BCUT2D eigenvalue weighted by Crippen LogP contribution is 2.34. The van der Waals surface area contributed by atoms with Crippen LogP contribution < -0.4 is 0 Å². The molecule has 1 amide bonds. The lowest BCUT2D eigenvalue weighted by Crippen LogP contribution is -2.39. The van der Waals surface area contributed by atoms with Gasteiger partial charge in [-0.2, -0.15) is 0 Å². The largest absolute Gasteiger partial charge is 0.359 e. The fourth-order valence-corrected chi connectivity index (χ4v) is 3.79. The number of hydrogen-bond donors (Lipinski definition) is 0. The van der Waals surface area contributed by atoms with Crippen molar-refractivity contribution in [2.75, 3.05) is 6.54 Å². The molecule has 1 aliphatic heterocycles. The molecule has 1 saturated heterocycles. The fraction of sp³-hybridized carbons (Fsp3) is 0.765. The molecule has 2 fully saturated rings. The first kappa shape index (κ1) is 14.6. The SMILES string of the molecule is Cc1cc(C2CCCCCN2C(=O)C2CCCCC2)on1. The van der Waals surface area contributed by atoms with E-state index in [0.29, 0.717) is 5.91 Å². The van der Waals surface area contributed by atoms with Crippen LogP contribution in [0, 0.1) is 12.8 Å². The van der Waals surface area contributed by atoms with Gasteiger partial charge in [0.05, 0.1) is 11.7 Å². The summed E-state index contributed by atoms with van der Waals surface area (Å²) in [6.45, 7) is 2.82. The Hall–Kier alpha value is -1.32. The van der Waals surface area contributed by atoms with Gasteiger partial charge in [0.15, 0.2) is 5.76 Å². The monoisotopic (exact) mass is 290 g/mol. The summed E-state index contributed by atoms with van der Waals surface area (Å²) in [5.41, 5.74) is 0.902. The third-order valence-electron chi connectivity index (χ3n) is 4.96. The molecule has 2 heterocycles. The van der Waals surface area contributed by atoms with Crippen molar-refractivity contribution in [3.63, 3.8) is 0 Å². The molecule has 3 rings (SSSR count). The van der Waals surface area contributed by atoms with E-state index in [-0.39, 0.29) is 12.0 Å². The van der Waals surface area contributed by atoms with E-state index < -0.39 is 0 Å². The number of aryl methyl sites for hydroxylation is 1. The summed E-state index contributed by atoms with van der Waals surface area (Å²) >= 11 is 0. The van der Waals surface area contributed by atoms with Gasteiger partial charge in [-0.05, 0) is 32.6 Å². The van der Waals surface area contributed by atoms with E-state index in [1.54, 1.807) is 0 Å². The molecule has 4 nitrogen and oxygen atoms in total. The number of nitrogens with zero attached hydrogens (tertiary/aromatic N) is 2. The Labute approximate surface area is 126 Å². The molecule has 1 atom stereocenters. The van der Waals surface area contributed by atoms with Crippen LogP contribution in [-0.2, 0) is 4.79 Å². The highest BCUT2D eigenvalue weighted by molar-refractivity contribution is 5.79. The normalized spacial score (nSPS) is 24.8. The summed E-state index contributed by atoms with van der Waals surface area (Å²) in [4.78, 5) is 15.1. The van der Waals surface area contributed by atoms with Gasteiger partial charge in [0.25, 0.3) is 0 Å². The third-order valence-corrected chi connectivity index (χ3v) is 4.96. The van der Waals surface area contributed by atoms with Crippen molar-refractivity contribution in [2.45, 2.75) is 70.8 Å². The van der Waals surface area contributed by atoms with Gasteiger partial charge in [0.1, 0.15) is 0 Å². The average molecular weight is 290 g/mol. The Morgan fingerprint density at radius 1 is 1.14 bits per heavy atom. The molecule has 0 bridgehead atoms. The molecule has 1 aromatic heterocycles. The Bertz CT molecular complexity index is 477. The highest BCUT2D eigenvalue weighted by atomic mass is 16.5. The summed E-state index contributed by atoms with van der Waals surface area (Å²) in [5, 5.41) is 4.02. The molecule has 4 heteroatoms.